The maximum absolute atomic E-state index is 11.3. The Labute approximate surface area is 118 Å². The van der Waals surface area contributed by atoms with Crippen molar-refractivity contribution in [2.75, 3.05) is 18.0 Å². The van der Waals surface area contributed by atoms with Gasteiger partial charge in [0.1, 0.15) is 4.88 Å². The van der Waals surface area contributed by atoms with Gasteiger partial charge in [-0.3, -0.25) is 0 Å². The fourth-order valence-corrected chi connectivity index (χ4v) is 3.61. The number of rotatable bonds is 4. The normalized spacial score (nSPS) is 18.6. The Morgan fingerprint density at radius 3 is 2.84 bits per heavy atom. The molecule has 0 aromatic carbocycles. The van der Waals surface area contributed by atoms with Crippen molar-refractivity contribution in [2.45, 2.75) is 46.5 Å². The van der Waals surface area contributed by atoms with Gasteiger partial charge in [-0.2, -0.15) is 0 Å². The highest BCUT2D eigenvalue weighted by atomic mass is 32.1. The summed E-state index contributed by atoms with van der Waals surface area (Å²) in [5, 5.41) is 10.1. The van der Waals surface area contributed by atoms with Crippen molar-refractivity contribution >= 4 is 22.4 Å². The molecule has 0 aliphatic carbocycles. The van der Waals surface area contributed by atoms with Crippen molar-refractivity contribution in [1.29, 1.82) is 0 Å². The molecule has 5 heteroatoms. The number of thiazole rings is 1. The van der Waals surface area contributed by atoms with E-state index >= 15 is 0 Å². The fourth-order valence-electron chi connectivity index (χ4n) is 2.63. The molecule has 2 rings (SSSR count). The first kappa shape index (κ1) is 14.3. The second kappa shape index (κ2) is 5.49. The summed E-state index contributed by atoms with van der Waals surface area (Å²) in [6.45, 7) is 8.52. The van der Waals surface area contributed by atoms with Crippen LogP contribution in [0.1, 0.15) is 55.4 Å². The molecule has 1 N–H and O–H groups in total. The highest BCUT2D eigenvalue weighted by Gasteiger charge is 2.29. The summed E-state index contributed by atoms with van der Waals surface area (Å²) in [6.07, 6.45) is 4.05. The maximum atomic E-state index is 11.3. The number of aromatic nitrogens is 1. The lowest BCUT2D eigenvalue weighted by atomic mass is 9.84. The highest BCUT2D eigenvalue weighted by molar-refractivity contribution is 7.17. The van der Waals surface area contributed by atoms with Gasteiger partial charge in [0.15, 0.2) is 5.13 Å². The van der Waals surface area contributed by atoms with E-state index in [1.54, 1.807) is 0 Å². The predicted molar refractivity (Wildman–Crippen MR) is 78.3 cm³/mol. The molecule has 1 aromatic rings. The van der Waals surface area contributed by atoms with E-state index in [1.807, 2.05) is 0 Å². The van der Waals surface area contributed by atoms with E-state index < -0.39 is 5.97 Å². The summed E-state index contributed by atoms with van der Waals surface area (Å²) < 4.78 is 0. The number of piperidine rings is 1. The van der Waals surface area contributed by atoms with Crippen LogP contribution >= 0.6 is 11.3 Å². The van der Waals surface area contributed by atoms with Gasteiger partial charge in [0.25, 0.3) is 0 Å². The van der Waals surface area contributed by atoms with Crippen LogP contribution in [-0.4, -0.2) is 29.1 Å². The van der Waals surface area contributed by atoms with Gasteiger partial charge >= 0.3 is 5.97 Å². The van der Waals surface area contributed by atoms with Crippen LogP contribution < -0.4 is 4.90 Å². The summed E-state index contributed by atoms with van der Waals surface area (Å²) in [4.78, 5) is 18.5. The number of aryl methyl sites for hydroxylation is 1. The Kier molecular flexibility index (Phi) is 4.13. The monoisotopic (exact) mass is 282 g/mol. The predicted octanol–water partition coefficient (Wildman–Crippen LogP) is 3.42. The van der Waals surface area contributed by atoms with Gasteiger partial charge < -0.3 is 10.0 Å². The van der Waals surface area contributed by atoms with Crippen LogP contribution in [0.3, 0.4) is 0 Å². The van der Waals surface area contributed by atoms with Crippen molar-refractivity contribution in [3.63, 3.8) is 0 Å². The zero-order chi connectivity index (χ0) is 14.0. The largest absolute Gasteiger partial charge is 0.477 e. The Morgan fingerprint density at radius 1 is 1.53 bits per heavy atom. The molecule has 2 heterocycles. The third-order valence-corrected chi connectivity index (χ3v) is 4.68. The molecule has 1 aromatic heterocycles. The van der Waals surface area contributed by atoms with Crippen LogP contribution in [0.15, 0.2) is 0 Å². The smallest absolute Gasteiger partial charge is 0.347 e. The molecule has 0 amide bonds. The van der Waals surface area contributed by atoms with E-state index in [9.17, 15) is 9.90 Å². The number of hydrogen-bond donors (Lipinski definition) is 1. The van der Waals surface area contributed by atoms with Gasteiger partial charge in [-0.15, -0.1) is 0 Å². The Hall–Kier alpha value is -1.10. The SMILES string of the molecule is CCCc1nc(N2CCCC(C)(C)C2)sc1C(=O)O. The number of carboxylic acid groups (broad SMARTS) is 1. The Morgan fingerprint density at radius 2 is 2.26 bits per heavy atom. The van der Waals surface area contributed by atoms with Gasteiger partial charge in [-0.25, -0.2) is 9.78 Å². The summed E-state index contributed by atoms with van der Waals surface area (Å²) in [5.41, 5.74) is 1.04. The summed E-state index contributed by atoms with van der Waals surface area (Å²) in [7, 11) is 0. The molecule has 106 valence electrons. The first-order valence-electron chi connectivity index (χ1n) is 6.91. The van der Waals surface area contributed by atoms with Gasteiger partial charge in [-0.1, -0.05) is 38.5 Å². The van der Waals surface area contributed by atoms with E-state index in [-0.39, 0.29) is 5.41 Å². The molecular weight excluding hydrogens is 260 g/mol. The molecule has 0 bridgehead atoms. The van der Waals surface area contributed by atoms with E-state index in [0.29, 0.717) is 4.88 Å². The van der Waals surface area contributed by atoms with Gasteiger partial charge in [0, 0.05) is 13.1 Å². The van der Waals surface area contributed by atoms with Gasteiger partial charge in [0.2, 0.25) is 0 Å². The quantitative estimate of drug-likeness (QED) is 0.919. The summed E-state index contributed by atoms with van der Waals surface area (Å²) in [5.74, 6) is -0.844. The minimum atomic E-state index is -0.844. The number of carboxylic acids is 1. The molecule has 19 heavy (non-hydrogen) atoms. The van der Waals surface area contributed by atoms with Crippen LogP contribution in [0.25, 0.3) is 0 Å². The van der Waals surface area contributed by atoms with Crippen molar-refractivity contribution in [1.82, 2.24) is 4.98 Å². The number of aromatic carboxylic acids is 1. The lowest BCUT2D eigenvalue weighted by molar-refractivity contribution is 0.0700. The third kappa shape index (κ3) is 3.26. The molecule has 0 spiro atoms. The van der Waals surface area contributed by atoms with E-state index in [4.69, 9.17) is 0 Å². The Balaban J connectivity index is 2.25. The van der Waals surface area contributed by atoms with Crippen LogP contribution in [0.4, 0.5) is 5.13 Å². The van der Waals surface area contributed by atoms with Gasteiger partial charge in [0.05, 0.1) is 5.69 Å². The minimum Gasteiger partial charge on any atom is -0.477 e. The summed E-state index contributed by atoms with van der Waals surface area (Å²) in [6, 6.07) is 0. The number of anilines is 1. The van der Waals surface area contributed by atoms with Crippen LogP contribution in [0.5, 0.6) is 0 Å². The molecule has 0 saturated carbocycles. The number of carbonyl (C=O) groups is 1. The van der Waals surface area contributed by atoms with E-state index in [0.717, 1.165) is 43.2 Å². The third-order valence-electron chi connectivity index (χ3n) is 3.54. The molecule has 4 nitrogen and oxygen atoms in total. The molecule has 0 radical (unpaired) electrons. The van der Waals surface area contributed by atoms with E-state index in [1.165, 1.54) is 17.8 Å². The second-order valence-corrected chi connectivity index (χ2v) is 6.99. The lowest BCUT2D eigenvalue weighted by Crippen LogP contribution is -2.40. The molecule has 1 fully saturated rings. The molecule has 0 atom stereocenters. The number of nitrogens with zero attached hydrogens (tertiary/aromatic N) is 2. The molecular formula is C14H22N2O2S. The average Bonchev–Trinajstić information content (AvgIpc) is 2.72. The second-order valence-electron chi connectivity index (χ2n) is 6.02. The zero-order valence-electron chi connectivity index (χ0n) is 11.9. The van der Waals surface area contributed by atoms with Crippen molar-refractivity contribution in [3.8, 4) is 0 Å². The van der Waals surface area contributed by atoms with Crippen LogP contribution in [0.2, 0.25) is 0 Å². The summed E-state index contributed by atoms with van der Waals surface area (Å²) >= 11 is 1.33. The molecule has 1 aliphatic heterocycles. The lowest BCUT2D eigenvalue weighted by Gasteiger charge is -2.37. The van der Waals surface area contributed by atoms with Crippen LogP contribution in [-0.2, 0) is 6.42 Å². The topological polar surface area (TPSA) is 53.4 Å². The fraction of sp³-hybridized carbons (Fsp3) is 0.714. The molecule has 1 saturated heterocycles. The molecule has 1 aliphatic rings. The van der Waals surface area contributed by atoms with Gasteiger partial charge in [-0.05, 0) is 24.7 Å². The maximum Gasteiger partial charge on any atom is 0.347 e. The average molecular weight is 282 g/mol. The van der Waals surface area contributed by atoms with Crippen LogP contribution in [0, 0.1) is 5.41 Å². The van der Waals surface area contributed by atoms with Crippen molar-refractivity contribution in [3.05, 3.63) is 10.6 Å². The standard InChI is InChI=1S/C14H22N2O2S/c1-4-6-10-11(12(17)18)19-13(15-10)16-8-5-7-14(2,3)9-16/h4-9H2,1-3H3,(H,17,18). The van der Waals surface area contributed by atoms with E-state index in [2.05, 4.69) is 30.7 Å². The van der Waals surface area contributed by atoms with Crippen molar-refractivity contribution in [2.24, 2.45) is 5.41 Å². The Bertz CT molecular complexity index is 468. The first-order chi connectivity index (χ1) is 8.93. The molecule has 0 unspecified atom stereocenters. The zero-order valence-corrected chi connectivity index (χ0v) is 12.7. The minimum absolute atomic E-state index is 0.290. The number of hydrogen-bond acceptors (Lipinski definition) is 4. The first-order valence-corrected chi connectivity index (χ1v) is 7.72. The highest BCUT2D eigenvalue weighted by Crippen LogP contribution is 2.34. The van der Waals surface area contributed by atoms with Crippen molar-refractivity contribution < 1.29 is 9.90 Å².